The number of benzene rings is 2. The van der Waals surface area contributed by atoms with Gasteiger partial charge in [0, 0.05) is 20.0 Å². The zero-order chi connectivity index (χ0) is 20.1. The number of amides is 3. The number of imide groups is 1. The minimum Gasteiger partial charge on any atom is -0.459 e. The Labute approximate surface area is 162 Å². The van der Waals surface area contributed by atoms with Gasteiger partial charge in [0.2, 0.25) is 5.91 Å². The first kappa shape index (κ1) is 19.3. The third-order valence-corrected chi connectivity index (χ3v) is 4.46. The van der Waals surface area contributed by atoms with Crippen molar-refractivity contribution in [2.45, 2.75) is 13.0 Å². The largest absolute Gasteiger partial charge is 0.459 e. The second kappa shape index (κ2) is 8.47. The zero-order valence-electron chi connectivity index (χ0n) is 15.5. The number of carbonyl (C=O) groups excluding carboxylic acids is 4. The molecular formula is C21H20N2O5. The highest BCUT2D eigenvalue weighted by Gasteiger charge is 2.35. The van der Waals surface area contributed by atoms with Crippen LogP contribution in [-0.4, -0.2) is 53.6 Å². The van der Waals surface area contributed by atoms with Crippen molar-refractivity contribution in [2.24, 2.45) is 0 Å². The Balaban J connectivity index is 1.46. The molecule has 0 unspecified atom stereocenters. The van der Waals surface area contributed by atoms with Gasteiger partial charge in [-0.2, -0.15) is 0 Å². The monoisotopic (exact) mass is 380 g/mol. The van der Waals surface area contributed by atoms with Crippen LogP contribution in [0.15, 0.2) is 54.6 Å². The Morgan fingerprint density at radius 3 is 2.11 bits per heavy atom. The maximum atomic E-state index is 12.3. The average Bonchev–Trinajstić information content (AvgIpc) is 2.96. The highest BCUT2D eigenvalue weighted by molar-refractivity contribution is 6.21. The number of carbonyl (C=O) groups is 4. The molecule has 0 saturated heterocycles. The summed E-state index contributed by atoms with van der Waals surface area (Å²) in [7, 11) is 1.48. The highest BCUT2D eigenvalue weighted by Crippen LogP contribution is 2.22. The van der Waals surface area contributed by atoms with E-state index in [0.717, 1.165) is 10.5 Å². The molecular weight excluding hydrogens is 360 g/mol. The maximum Gasteiger partial charge on any atom is 0.325 e. The molecule has 144 valence electrons. The van der Waals surface area contributed by atoms with Gasteiger partial charge in [-0.25, -0.2) is 0 Å². The Morgan fingerprint density at radius 1 is 0.929 bits per heavy atom. The summed E-state index contributed by atoms with van der Waals surface area (Å²) >= 11 is 0. The van der Waals surface area contributed by atoms with Crippen molar-refractivity contribution in [3.05, 3.63) is 71.3 Å². The third-order valence-electron chi connectivity index (χ3n) is 4.46. The van der Waals surface area contributed by atoms with Crippen molar-refractivity contribution >= 4 is 23.7 Å². The SMILES string of the molecule is CN(CC(=O)OCc1ccccc1)C(=O)CCN1C(=O)c2ccccc2C1=O. The van der Waals surface area contributed by atoms with Crippen LogP contribution in [0.5, 0.6) is 0 Å². The Morgan fingerprint density at radius 2 is 1.50 bits per heavy atom. The molecule has 2 aromatic carbocycles. The number of ether oxygens (including phenoxy) is 1. The van der Waals surface area contributed by atoms with Gasteiger partial charge in [0.05, 0.1) is 11.1 Å². The first-order valence-corrected chi connectivity index (χ1v) is 8.86. The van der Waals surface area contributed by atoms with E-state index in [0.29, 0.717) is 11.1 Å². The predicted octanol–water partition coefficient (Wildman–Crippen LogP) is 1.87. The van der Waals surface area contributed by atoms with Crippen LogP contribution < -0.4 is 0 Å². The van der Waals surface area contributed by atoms with Crippen molar-refractivity contribution in [3.63, 3.8) is 0 Å². The Hall–Kier alpha value is -3.48. The number of rotatable bonds is 7. The smallest absolute Gasteiger partial charge is 0.325 e. The summed E-state index contributed by atoms with van der Waals surface area (Å²) in [5.41, 5.74) is 1.55. The lowest BCUT2D eigenvalue weighted by molar-refractivity contribution is -0.149. The van der Waals surface area contributed by atoms with Crippen molar-refractivity contribution in [1.82, 2.24) is 9.80 Å². The second-order valence-corrected chi connectivity index (χ2v) is 6.45. The molecule has 3 rings (SSSR count). The van der Waals surface area contributed by atoms with E-state index in [1.54, 1.807) is 24.3 Å². The molecule has 0 aliphatic carbocycles. The van der Waals surface area contributed by atoms with Crippen molar-refractivity contribution in [1.29, 1.82) is 0 Å². The molecule has 2 aromatic rings. The fraction of sp³-hybridized carbons (Fsp3) is 0.238. The number of esters is 1. The summed E-state index contributed by atoms with van der Waals surface area (Å²) in [4.78, 5) is 51.0. The van der Waals surface area contributed by atoms with E-state index in [1.165, 1.54) is 11.9 Å². The molecule has 0 aromatic heterocycles. The van der Waals surface area contributed by atoms with Crippen LogP contribution in [-0.2, 0) is 20.9 Å². The van der Waals surface area contributed by atoms with Crippen LogP contribution >= 0.6 is 0 Å². The molecule has 0 fully saturated rings. The molecule has 0 saturated carbocycles. The van der Waals surface area contributed by atoms with E-state index in [2.05, 4.69) is 0 Å². The number of hydrogen-bond acceptors (Lipinski definition) is 5. The summed E-state index contributed by atoms with van der Waals surface area (Å²) < 4.78 is 5.15. The minimum absolute atomic E-state index is 0.0332. The van der Waals surface area contributed by atoms with Crippen LogP contribution in [0.4, 0.5) is 0 Å². The molecule has 0 N–H and O–H groups in total. The predicted molar refractivity (Wildman–Crippen MR) is 100 cm³/mol. The van der Waals surface area contributed by atoms with Gasteiger partial charge in [0.1, 0.15) is 13.2 Å². The third kappa shape index (κ3) is 4.25. The summed E-state index contributed by atoms with van der Waals surface area (Å²) in [6.07, 6.45) is -0.0616. The first-order valence-electron chi connectivity index (χ1n) is 8.86. The Bertz CT molecular complexity index is 875. The molecule has 1 aliphatic rings. The lowest BCUT2D eigenvalue weighted by Crippen LogP contribution is -2.37. The van der Waals surface area contributed by atoms with E-state index in [-0.39, 0.29) is 32.0 Å². The van der Waals surface area contributed by atoms with Crippen LogP contribution in [0.1, 0.15) is 32.7 Å². The van der Waals surface area contributed by atoms with E-state index >= 15 is 0 Å². The topological polar surface area (TPSA) is 84.0 Å². The molecule has 7 nitrogen and oxygen atoms in total. The van der Waals surface area contributed by atoms with Crippen LogP contribution in [0.2, 0.25) is 0 Å². The summed E-state index contributed by atoms with van der Waals surface area (Å²) in [6, 6.07) is 15.8. The van der Waals surface area contributed by atoms with Gasteiger partial charge in [-0.1, -0.05) is 42.5 Å². The number of fused-ring (bicyclic) bond motifs is 1. The molecule has 1 aliphatic heterocycles. The standard InChI is InChI=1S/C21H20N2O5/c1-22(13-19(25)28-14-15-7-3-2-4-8-15)18(24)11-12-23-20(26)16-9-5-6-10-17(16)21(23)27/h2-10H,11-14H2,1H3. The van der Waals surface area contributed by atoms with Gasteiger partial charge < -0.3 is 9.64 Å². The van der Waals surface area contributed by atoms with E-state index < -0.39 is 17.8 Å². The molecule has 0 atom stereocenters. The van der Waals surface area contributed by atoms with Gasteiger partial charge in [-0.15, -0.1) is 0 Å². The molecule has 1 heterocycles. The normalized spacial score (nSPS) is 12.7. The molecule has 7 heteroatoms. The molecule has 0 bridgehead atoms. The van der Waals surface area contributed by atoms with Gasteiger partial charge in [-0.05, 0) is 17.7 Å². The fourth-order valence-corrected chi connectivity index (χ4v) is 2.91. The molecule has 3 amide bonds. The molecule has 0 radical (unpaired) electrons. The summed E-state index contributed by atoms with van der Waals surface area (Å²) in [5, 5.41) is 0. The van der Waals surface area contributed by atoms with E-state index in [1.807, 2.05) is 30.3 Å². The second-order valence-electron chi connectivity index (χ2n) is 6.45. The molecule has 28 heavy (non-hydrogen) atoms. The van der Waals surface area contributed by atoms with E-state index in [9.17, 15) is 19.2 Å². The van der Waals surface area contributed by atoms with Gasteiger partial charge in [0.25, 0.3) is 11.8 Å². The quantitative estimate of drug-likeness (QED) is 0.541. The van der Waals surface area contributed by atoms with Crippen LogP contribution in [0, 0.1) is 0 Å². The zero-order valence-corrected chi connectivity index (χ0v) is 15.5. The highest BCUT2D eigenvalue weighted by atomic mass is 16.5. The van der Waals surface area contributed by atoms with Gasteiger partial charge >= 0.3 is 5.97 Å². The maximum absolute atomic E-state index is 12.3. The number of likely N-dealkylation sites (N-methyl/N-ethyl adjacent to an activating group) is 1. The van der Waals surface area contributed by atoms with Gasteiger partial charge in [-0.3, -0.25) is 24.1 Å². The first-order chi connectivity index (χ1) is 13.5. The minimum atomic E-state index is -0.527. The average molecular weight is 380 g/mol. The summed E-state index contributed by atoms with van der Waals surface area (Å²) in [6.45, 7) is -0.0981. The van der Waals surface area contributed by atoms with E-state index in [4.69, 9.17) is 4.74 Å². The van der Waals surface area contributed by atoms with Crippen molar-refractivity contribution < 1.29 is 23.9 Å². The lowest BCUT2D eigenvalue weighted by Gasteiger charge is -2.18. The Kier molecular flexibility index (Phi) is 5.84. The number of hydrogen-bond donors (Lipinski definition) is 0. The van der Waals surface area contributed by atoms with Crippen LogP contribution in [0.25, 0.3) is 0 Å². The number of nitrogens with zero attached hydrogens (tertiary/aromatic N) is 2. The fourth-order valence-electron chi connectivity index (χ4n) is 2.91. The van der Waals surface area contributed by atoms with Crippen LogP contribution in [0.3, 0.4) is 0 Å². The summed E-state index contributed by atoms with van der Waals surface area (Å²) in [5.74, 6) is -1.69. The van der Waals surface area contributed by atoms with Gasteiger partial charge in [0.15, 0.2) is 0 Å². The molecule has 0 spiro atoms. The van der Waals surface area contributed by atoms with Crippen molar-refractivity contribution in [3.8, 4) is 0 Å². The lowest BCUT2D eigenvalue weighted by atomic mass is 10.1. The van der Waals surface area contributed by atoms with Crippen molar-refractivity contribution in [2.75, 3.05) is 20.1 Å².